The minimum absolute atomic E-state index is 0.267. The van der Waals surface area contributed by atoms with Gasteiger partial charge in [-0.2, -0.15) is 0 Å². The van der Waals surface area contributed by atoms with Gasteiger partial charge in [0.1, 0.15) is 0 Å². The van der Waals surface area contributed by atoms with Gasteiger partial charge in [-0.15, -0.1) is 0 Å². The predicted octanol–water partition coefficient (Wildman–Crippen LogP) is 2.32. The van der Waals surface area contributed by atoms with Crippen molar-refractivity contribution in [1.82, 2.24) is 5.32 Å². The van der Waals surface area contributed by atoms with E-state index in [2.05, 4.69) is 50.4 Å². The van der Waals surface area contributed by atoms with Crippen LogP contribution in [0, 0.1) is 5.92 Å². The Morgan fingerprint density at radius 3 is 2.20 bits per heavy atom. The van der Waals surface area contributed by atoms with Crippen LogP contribution >= 0.6 is 0 Å². The van der Waals surface area contributed by atoms with Gasteiger partial charge in [0.15, 0.2) is 0 Å². The second-order valence-electron chi connectivity index (χ2n) is 4.40. The van der Waals surface area contributed by atoms with Crippen LogP contribution in [0.5, 0.6) is 0 Å². The maximum atomic E-state index is 5.79. The minimum Gasteiger partial charge on any atom is -0.329 e. The molecule has 0 aliphatic carbocycles. The Bertz CT molecular complexity index is 269. The summed E-state index contributed by atoms with van der Waals surface area (Å²) in [5, 5.41) is 3.56. The van der Waals surface area contributed by atoms with Gasteiger partial charge in [-0.1, -0.05) is 44.2 Å². The Balaban J connectivity index is 2.65. The summed E-state index contributed by atoms with van der Waals surface area (Å²) in [4.78, 5) is 0. The number of rotatable bonds is 5. The number of hydrogen-bond acceptors (Lipinski definition) is 2. The van der Waals surface area contributed by atoms with E-state index in [1.807, 2.05) is 6.07 Å². The van der Waals surface area contributed by atoms with Crippen LogP contribution in [0.2, 0.25) is 0 Å². The molecule has 0 aliphatic rings. The summed E-state index contributed by atoms with van der Waals surface area (Å²) in [7, 11) is 0. The molecule has 84 valence electrons. The first-order valence-electron chi connectivity index (χ1n) is 5.66. The van der Waals surface area contributed by atoms with Crippen molar-refractivity contribution in [2.75, 3.05) is 6.54 Å². The quantitative estimate of drug-likeness (QED) is 0.776. The van der Waals surface area contributed by atoms with Crippen LogP contribution in [-0.2, 0) is 0 Å². The molecule has 0 fully saturated rings. The molecule has 0 radical (unpaired) electrons. The van der Waals surface area contributed by atoms with E-state index in [0.717, 1.165) is 0 Å². The molecule has 1 aromatic carbocycles. The zero-order valence-electron chi connectivity index (χ0n) is 9.90. The van der Waals surface area contributed by atoms with E-state index < -0.39 is 0 Å². The van der Waals surface area contributed by atoms with Crippen LogP contribution in [0.15, 0.2) is 30.3 Å². The molecule has 2 nitrogen and oxygen atoms in total. The average Bonchev–Trinajstić information content (AvgIpc) is 2.26. The van der Waals surface area contributed by atoms with Crippen LogP contribution in [0.1, 0.15) is 32.4 Å². The zero-order chi connectivity index (χ0) is 11.3. The normalized spacial score (nSPS) is 15.3. The first-order chi connectivity index (χ1) is 7.15. The molecular formula is C13H22N2. The molecule has 0 spiro atoms. The molecule has 0 bridgehead atoms. The summed E-state index contributed by atoms with van der Waals surface area (Å²) < 4.78 is 0. The van der Waals surface area contributed by atoms with Crippen LogP contribution in [0.4, 0.5) is 0 Å². The molecular weight excluding hydrogens is 184 g/mol. The molecule has 2 atom stereocenters. The Hall–Kier alpha value is -0.860. The van der Waals surface area contributed by atoms with Crippen molar-refractivity contribution in [2.45, 2.75) is 32.9 Å². The van der Waals surface area contributed by atoms with Gasteiger partial charge in [0, 0.05) is 18.6 Å². The lowest BCUT2D eigenvalue weighted by molar-refractivity contribution is 0.379. The Morgan fingerprint density at radius 2 is 1.73 bits per heavy atom. The van der Waals surface area contributed by atoms with Gasteiger partial charge in [-0.25, -0.2) is 0 Å². The van der Waals surface area contributed by atoms with Gasteiger partial charge in [0.25, 0.3) is 0 Å². The molecule has 3 N–H and O–H groups in total. The SMILES string of the molecule is CC(C)C(C)NC(CN)c1ccccc1. The van der Waals surface area contributed by atoms with Gasteiger partial charge in [0.2, 0.25) is 0 Å². The third-order valence-electron chi connectivity index (χ3n) is 2.90. The summed E-state index contributed by atoms with van der Waals surface area (Å²) in [5.74, 6) is 0.628. The molecule has 0 aliphatic heterocycles. The molecule has 1 aromatic rings. The first kappa shape index (κ1) is 12.2. The summed E-state index contributed by atoms with van der Waals surface area (Å²) in [6.07, 6.45) is 0. The maximum Gasteiger partial charge on any atom is 0.0446 e. The highest BCUT2D eigenvalue weighted by Crippen LogP contribution is 2.13. The van der Waals surface area contributed by atoms with Gasteiger partial charge in [0.05, 0.1) is 0 Å². The van der Waals surface area contributed by atoms with E-state index in [9.17, 15) is 0 Å². The lowest BCUT2D eigenvalue weighted by Crippen LogP contribution is -2.37. The fourth-order valence-corrected chi connectivity index (χ4v) is 1.50. The van der Waals surface area contributed by atoms with Crippen molar-refractivity contribution in [1.29, 1.82) is 0 Å². The lowest BCUT2D eigenvalue weighted by Gasteiger charge is -2.25. The number of nitrogens with two attached hydrogens (primary N) is 1. The monoisotopic (exact) mass is 206 g/mol. The van der Waals surface area contributed by atoms with Crippen LogP contribution in [0.3, 0.4) is 0 Å². The van der Waals surface area contributed by atoms with Gasteiger partial charge in [-0.3, -0.25) is 0 Å². The van der Waals surface area contributed by atoms with E-state index in [-0.39, 0.29) is 6.04 Å². The summed E-state index contributed by atoms with van der Waals surface area (Å²) in [5.41, 5.74) is 7.06. The highest BCUT2D eigenvalue weighted by molar-refractivity contribution is 5.19. The molecule has 2 heteroatoms. The Labute approximate surface area is 92.9 Å². The molecule has 0 saturated carbocycles. The first-order valence-corrected chi connectivity index (χ1v) is 5.66. The predicted molar refractivity (Wildman–Crippen MR) is 65.7 cm³/mol. The van der Waals surface area contributed by atoms with E-state index in [4.69, 9.17) is 5.73 Å². The van der Waals surface area contributed by atoms with Crippen LogP contribution in [0.25, 0.3) is 0 Å². The third-order valence-corrected chi connectivity index (χ3v) is 2.90. The van der Waals surface area contributed by atoms with Crippen molar-refractivity contribution in [3.8, 4) is 0 Å². The third kappa shape index (κ3) is 3.65. The Morgan fingerprint density at radius 1 is 1.13 bits per heavy atom. The summed E-state index contributed by atoms with van der Waals surface area (Å²) in [6, 6.07) is 11.1. The highest BCUT2D eigenvalue weighted by Gasteiger charge is 2.14. The fourth-order valence-electron chi connectivity index (χ4n) is 1.50. The smallest absolute Gasteiger partial charge is 0.0446 e. The highest BCUT2D eigenvalue weighted by atomic mass is 15.0. The lowest BCUT2D eigenvalue weighted by atomic mass is 10.0. The van der Waals surface area contributed by atoms with Gasteiger partial charge < -0.3 is 11.1 Å². The van der Waals surface area contributed by atoms with Crippen molar-refractivity contribution < 1.29 is 0 Å². The maximum absolute atomic E-state index is 5.79. The van der Waals surface area contributed by atoms with Crippen molar-refractivity contribution >= 4 is 0 Å². The second kappa shape index (κ2) is 5.89. The molecule has 0 saturated heterocycles. The molecule has 1 rings (SSSR count). The van der Waals surface area contributed by atoms with Gasteiger partial charge >= 0.3 is 0 Å². The van der Waals surface area contributed by atoms with Crippen molar-refractivity contribution in [3.63, 3.8) is 0 Å². The second-order valence-corrected chi connectivity index (χ2v) is 4.40. The van der Waals surface area contributed by atoms with E-state index >= 15 is 0 Å². The molecule has 0 aromatic heterocycles. The summed E-state index contributed by atoms with van der Waals surface area (Å²) >= 11 is 0. The largest absolute Gasteiger partial charge is 0.329 e. The zero-order valence-corrected chi connectivity index (χ0v) is 9.90. The van der Waals surface area contributed by atoms with Crippen LogP contribution in [-0.4, -0.2) is 12.6 Å². The minimum atomic E-state index is 0.267. The van der Waals surface area contributed by atoms with Crippen molar-refractivity contribution in [3.05, 3.63) is 35.9 Å². The number of benzene rings is 1. The number of nitrogens with one attached hydrogen (secondary N) is 1. The van der Waals surface area contributed by atoms with Crippen molar-refractivity contribution in [2.24, 2.45) is 11.7 Å². The number of hydrogen-bond donors (Lipinski definition) is 2. The molecule has 0 heterocycles. The molecule has 0 amide bonds. The molecule has 15 heavy (non-hydrogen) atoms. The molecule has 2 unspecified atom stereocenters. The topological polar surface area (TPSA) is 38.0 Å². The average molecular weight is 206 g/mol. The summed E-state index contributed by atoms with van der Waals surface area (Å²) in [6.45, 7) is 7.28. The standard InChI is InChI=1S/C13H22N2/c1-10(2)11(3)15-13(9-14)12-7-5-4-6-8-12/h4-8,10-11,13,15H,9,14H2,1-3H3. The van der Waals surface area contributed by atoms with Crippen LogP contribution < -0.4 is 11.1 Å². The van der Waals surface area contributed by atoms with E-state index in [1.165, 1.54) is 5.56 Å². The van der Waals surface area contributed by atoms with Gasteiger partial charge in [-0.05, 0) is 18.4 Å². The van der Waals surface area contributed by atoms with E-state index in [0.29, 0.717) is 18.5 Å². The Kier molecular flexibility index (Phi) is 4.79. The van der Waals surface area contributed by atoms with E-state index in [1.54, 1.807) is 0 Å². The fraction of sp³-hybridized carbons (Fsp3) is 0.538.